The zero-order valence-corrected chi connectivity index (χ0v) is 11.2. The van der Waals surface area contributed by atoms with Crippen molar-refractivity contribution in [2.45, 2.75) is 12.2 Å². The Morgan fingerprint density at radius 2 is 1.71 bits per heavy atom. The summed E-state index contributed by atoms with van der Waals surface area (Å²) in [6.07, 6.45) is -5.08. The predicted molar refractivity (Wildman–Crippen MR) is 65.6 cm³/mol. The molecule has 0 aliphatic carbocycles. The first-order chi connectivity index (χ1) is 9.65. The topological polar surface area (TPSA) is 98.9 Å². The molecule has 0 amide bonds. The van der Waals surface area contributed by atoms with Crippen molar-refractivity contribution in [3.05, 3.63) is 29.8 Å². The monoisotopic (exact) mass is 309 g/mol. The van der Waals surface area contributed by atoms with E-state index in [1.807, 2.05) is 6.07 Å². The lowest BCUT2D eigenvalue weighted by Crippen LogP contribution is -2.23. The number of para-hydroxylation sites is 1. The summed E-state index contributed by atoms with van der Waals surface area (Å²) in [7, 11) is 2.83. The smallest absolute Gasteiger partial charge is 0.490 e. The van der Waals surface area contributed by atoms with Gasteiger partial charge in [0.05, 0.1) is 14.2 Å². The minimum Gasteiger partial charge on any atom is -0.496 e. The molecule has 21 heavy (non-hydrogen) atoms. The van der Waals surface area contributed by atoms with Crippen LogP contribution < -0.4 is 10.5 Å². The number of carbonyl (C=O) groups excluding carboxylic acids is 1. The van der Waals surface area contributed by atoms with Gasteiger partial charge in [-0.1, -0.05) is 18.2 Å². The molecule has 0 spiro atoms. The first-order valence-corrected chi connectivity index (χ1v) is 5.41. The zero-order valence-electron chi connectivity index (χ0n) is 11.2. The van der Waals surface area contributed by atoms with Gasteiger partial charge in [-0.25, -0.2) is 4.79 Å². The van der Waals surface area contributed by atoms with Gasteiger partial charge in [0.25, 0.3) is 0 Å². The van der Waals surface area contributed by atoms with Crippen LogP contribution in [-0.2, 0) is 14.3 Å². The molecule has 0 aliphatic heterocycles. The molecule has 0 aliphatic rings. The number of hydrogen-bond acceptors (Lipinski definition) is 5. The van der Waals surface area contributed by atoms with Gasteiger partial charge in [-0.2, -0.15) is 13.2 Å². The summed E-state index contributed by atoms with van der Waals surface area (Å²) < 4.78 is 41.4. The van der Waals surface area contributed by atoms with E-state index in [9.17, 15) is 18.0 Å². The van der Waals surface area contributed by atoms with E-state index in [-0.39, 0.29) is 0 Å². The van der Waals surface area contributed by atoms with Crippen molar-refractivity contribution in [1.82, 2.24) is 0 Å². The number of carboxylic acids is 1. The van der Waals surface area contributed by atoms with Gasteiger partial charge in [0.15, 0.2) is 0 Å². The number of benzene rings is 1. The van der Waals surface area contributed by atoms with Crippen LogP contribution >= 0.6 is 0 Å². The number of aliphatic carboxylic acids is 1. The average molecular weight is 309 g/mol. The Bertz CT molecular complexity index is 490. The normalized spacial score (nSPS) is 11.7. The highest BCUT2D eigenvalue weighted by molar-refractivity contribution is 5.78. The molecule has 0 saturated carbocycles. The second-order valence-corrected chi connectivity index (χ2v) is 3.55. The summed E-state index contributed by atoms with van der Waals surface area (Å²) in [5.41, 5.74) is 6.30. The lowest BCUT2D eigenvalue weighted by molar-refractivity contribution is -0.192. The van der Waals surface area contributed by atoms with Crippen molar-refractivity contribution in [3.8, 4) is 5.75 Å². The van der Waals surface area contributed by atoms with E-state index in [1.165, 1.54) is 14.2 Å². The Morgan fingerprint density at radius 1 is 1.24 bits per heavy atom. The summed E-state index contributed by atoms with van der Waals surface area (Å²) >= 11 is 0. The molecular weight excluding hydrogens is 295 g/mol. The number of methoxy groups -OCH3 is 2. The number of alkyl halides is 3. The fraction of sp³-hybridized carbons (Fsp3) is 0.333. The molecule has 9 heteroatoms. The fourth-order valence-electron chi connectivity index (χ4n) is 1.18. The third kappa shape index (κ3) is 6.13. The van der Waals surface area contributed by atoms with Gasteiger partial charge < -0.3 is 20.3 Å². The van der Waals surface area contributed by atoms with Crippen LogP contribution in [-0.4, -0.2) is 37.4 Å². The van der Waals surface area contributed by atoms with Gasteiger partial charge >= 0.3 is 18.1 Å². The number of nitrogens with two attached hydrogens (primary N) is 1. The highest BCUT2D eigenvalue weighted by Crippen LogP contribution is 2.23. The highest BCUT2D eigenvalue weighted by atomic mass is 19.4. The van der Waals surface area contributed by atoms with Gasteiger partial charge in [-0.05, 0) is 6.07 Å². The molecule has 1 aromatic rings. The molecule has 118 valence electrons. The maximum Gasteiger partial charge on any atom is 0.490 e. The molecule has 1 atom stereocenters. The van der Waals surface area contributed by atoms with Crippen molar-refractivity contribution in [2.24, 2.45) is 5.73 Å². The van der Waals surface area contributed by atoms with Crippen molar-refractivity contribution < 1.29 is 37.3 Å². The number of rotatable bonds is 3. The Balaban J connectivity index is 0.000000486. The SMILES string of the molecule is COC(=O)C(N)c1ccccc1OC.O=C(O)C(F)(F)F. The second-order valence-electron chi connectivity index (χ2n) is 3.55. The largest absolute Gasteiger partial charge is 0.496 e. The molecule has 0 bridgehead atoms. The molecule has 1 unspecified atom stereocenters. The molecule has 1 aromatic carbocycles. The molecule has 0 aromatic heterocycles. The Hall–Kier alpha value is -2.29. The Kier molecular flexibility index (Phi) is 7.22. The molecule has 0 fully saturated rings. The molecule has 0 radical (unpaired) electrons. The summed E-state index contributed by atoms with van der Waals surface area (Å²) in [6, 6.07) is 6.29. The molecule has 0 heterocycles. The van der Waals surface area contributed by atoms with Crippen LogP contribution in [0.4, 0.5) is 13.2 Å². The maximum atomic E-state index is 11.2. The Morgan fingerprint density at radius 3 is 2.10 bits per heavy atom. The number of halogens is 3. The summed E-state index contributed by atoms with van der Waals surface area (Å²) in [4.78, 5) is 20.1. The van der Waals surface area contributed by atoms with Crippen LogP contribution in [0, 0.1) is 0 Å². The maximum absolute atomic E-state index is 11.2. The van der Waals surface area contributed by atoms with Crippen LogP contribution in [0.25, 0.3) is 0 Å². The summed E-state index contributed by atoms with van der Waals surface area (Å²) in [5, 5.41) is 7.12. The van der Waals surface area contributed by atoms with Crippen LogP contribution in [0.3, 0.4) is 0 Å². The van der Waals surface area contributed by atoms with Crippen LogP contribution in [0.1, 0.15) is 11.6 Å². The first-order valence-electron chi connectivity index (χ1n) is 5.41. The zero-order chi connectivity index (χ0) is 16.6. The van der Waals surface area contributed by atoms with Crippen LogP contribution in [0.2, 0.25) is 0 Å². The van der Waals surface area contributed by atoms with Crippen molar-refractivity contribution in [1.29, 1.82) is 0 Å². The van der Waals surface area contributed by atoms with Gasteiger partial charge in [0, 0.05) is 5.56 Å². The van der Waals surface area contributed by atoms with Crippen molar-refractivity contribution in [3.63, 3.8) is 0 Å². The lowest BCUT2D eigenvalue weighted by Gasteiger charge is -2.12. The van der Waals surface area contributed by atoms with Gasteiger partial charge in [-0.15, -0.1) is 0 Å². The number of esters is 1. The highest BCUT2D eigenvalue weighted by Gasteiger charge is 2.38. The summed E-state index contributed by atoms with van der Waals surface area (Å²) in [5.74, 6) is -2.65. The van der Waals surface area contributed by atoms with E-state index in [0.717, 1.165) is 0 Å². The third-order valence-electron chi connectivity index (χ3n) is 2.17. The number of ether oxygens (including phenoxy) is 2. The average Bonchev–Trinajstić information content (AvgIpc) is 2.45. The number of hydrogen-bond donors (Lipinski definition) is 2. The van der Waals surface area contributed by atoms with E-state index in [1.54, 1.807) is 18.2 Å². The fourth-order valence-corrected chi connectivity index (χ4v) is 1.18. The number of carboxylic acid groups (broad SMARTS) is 1. The molecule has 0 saturated heterocycles. The summed E-state index contributed by atoms with van der Waals surface area (Å²) in [6.45, 7) is 0. The molecular formula is C12H14F3NO5. The van der Waals surface area contributed by atoms with Crippen molar-refractivity contribution >= 4 is 11.9 Å². The predicted octanol–water partition coefficient (Wildman–Crippen LogP) is 1.50. The quantitative estimate of drug-likeness (QED) is 0.821. The number of carbonyl (C=O) groups is 2. The molecule has 6 nitrogen and oxygen atoms in total. The third-order valence-corrected chi connectivity index (χ3v) is 2.17. The Labute approximate surface area is 118 Å². The lowest BCUT2D eigenvalue weighted by atomic mass is 10.1. The van der Waals surface area contributed by atoms with E-state index in [2.05, 4.69) is 4.74 Å². The molecule has 3 N–H and O–H groups in total. The standard InChI is InChI=1S/C10H13NO3.C2HF3O2/c1-13-8-6-4-3-5-7(8)9(11)10(12)14-2;3-2(4,5)1(6)7/h3-6,9H,11H2,1-2H3;(H,6,7). The minimum atomic E-state index is -5.08. The van der Waals surface area contributed by atoms with E-state index >= 15 is 0 Å². The molecule has 1 rings (SSSR count). The first kappa shape index (κ1) is 18.7. The van der Waals surface area contributed by atoms with E-state index in [4.69, 9.17) is 20.4 Å². The van der Waals surface area contributed by atoms with Gasteiger partial charge in [0.1, 0.15) is 11.8 Å². The minimum absolute atomic E-state index is 0.477. The van der Waals surface area contributed by atoms with E-state index < -0.39 is 24.2 Å². The van der Waals surface area contributed by atoms with E-state index in [0.29, 0.717) is 11.3 Å². The van der Waals surface area contributed by atoms with Gasteiger partial charge in [0.2, 0.25) is 0 Å². The van der Waals surface area contributed by atoms with Crippen LogP contribution in [0.15, 0.2) is 24.3 Å². The van der Waals surface area contributed by atoms with Crippen LogP contribution in [0.5, 0.6) is 5.75 Å². The van der Waals surface area contributed by atoms with Crippen molar-refractivity contribution in [2.75, 3.05) is 14.2 Å². The second kappa shape index (κ2) is 8.10. The van der Waals surface area contributed by atoms with Gasteiger partial charge in [-0.3, -0.25) is 4.79 Å².